The van der Waals surface area contributed by atoms with Gasteiger partial charge in [-0.25, -0.2) is 9.97 Å². The number of rotatable bonds is 4. The molecule has 1 aliphatic heterocycles. The van der Waals surface area contributed by atoms with E-state index in [1.807, 2.05) is 12.1 Å². The van der Waals surface area contributed by atoms with Crippen LogP contribution in [0.1, 0.15) is 33.4 Å². The zero-order chi connectivity index (χ0) is 41.9. The highest BCUT2D eigenvalue weighted by Crippen LogP contribution is 2.58. The average molecular weight is 815 g/mol. The first kappa shape index (κ1) is 35.3. The minimum Gasteiger partial charge on any atom is -0.309 e. The second-order valence-electron chi connectivity index (χ2n) is 17.3. The van der Waals surface area contributed by atoms with Crippen molar-refractivity contribution in [2.45, 2.75) is 11.8 Å². The third-order valence-electron chi connectivity index (χ3n) is 14.0. The van der Waals surface area contributed by atoms with Crippen LogP contribution in [-0.4, -0.2) is 19.1 Å². The van der Waals surface area contributed by atoms with Gasteiger partial charge in [-0.05, 0) is 100 Å². The van der Waals surface area contributed by atoms with Crippen molar-refractivity contribution in [1.82, 2.24) is 19.1 Å². The summed E-state index contributed by atoms with van der Waals surface area (Å²) in [5.74, 6) is 0.703. The van der Waals surface area contributed by atoms with Crippen molar-refractivity contribution in [1.29, 1.82) is 0 Å². The van der Waals surface area contributed by atoms with Crippen molar-refractivity contribution in [2.75, 3.05) is 0 Å². The fourth-order valence-electron chi connectivity index (χ4n) is 11.4. The molecule has 0 radical (unpaired) electrons. The molecule has 9 aromatic carbocycles. The molecule has 0 fully saturated rings. The van der Waals surface area contributed by atoms with Gasteiger partial charge in [-0.2, -0.15) is 0 Å². The van der Waals surface area contributed by atoms with E-state index < -0.39 is 5.41 Å². The molecule has 0 bridgehead atoms. The van der Waals surface area contributed by atoms with Crippen LogP contribution in [-0.2, 0) is 11.8 Å². The second-order valence-corrected chi connectivity index (χ2v) is 17.3. The van der Waals surface area contributed by atoms with Gasteiger partial charge in [0, 0.05) is 43.9 Å². The molecule has 1 spiro atoms. The summed E-state index contributed by atoms with van der Waals surface area (Å²) in [6.45, 7) is 0. The topological polar surface area (TPSA) is 35.6 Å². The summed E-state index contributed by atoms with van der Waals surface area (Å²) in [5, 5.41) is 5.06. The van der Waals surface area contributed by atoms with E-state index in [0.717, 1.165) is 40.2 Å². The van der Waals surface area contributed by atoms with Crippen LogP contribution in [0, 0.1) is 0 Å². The lowest BCUT2D eigenvalue weighted by atomic mass is 9.58. The summed E-state index contributed by atoms with van der Waals surface area (Å²) in [6.07, 6.45) is 0.851. The van der Waals surface area contributed by atoms with Gasteiger partial charge in [-0.3, -0.25) is 0 Å². The Morgan fingerprint density at radius 1 is 0.359 bits per heavy atom. The average Bonchev–Trinajstić information content (AvgIpc) is 3.88. The van der Waals surface area contributed by atoms with E-state index >= 15 is 0 Å². The zero-order valence-corrected chi connectivity index (χ0v) is 34.8. The first-order chi connectivity index (χ1) is 31.7. The molecule has 64 heavy (non-hydrogen) atoms. The van der Waals surface area contributed by atoms with Crippen LogP contribution in [0.3, 0.4) is 0 Å². The highest BCUT2D eigenvalue weighted by atomic mass is 15.0. The third-order valence-corrected chi connectivity index (χ3v) is 14.0. The summed E-state index contributed by atoms with van der Waals surface area (Å²) in [7, 11) is 0. The lowest BCUT2D eigenvalue weighted by Crippen LogP contribution is -2.39. The van der Waals surface area contributed by atoms with E-state index in [4.69, 9.17) is 9.97 Å². The molecular weight excluding hydrogens is 777 g/mol. The number of nitrogens with zero attached hydrogens (tertiary/aromatic N) is 4. The molecule has 4 nitrogen and oxygen atoms in total. The Bertz CT molecular complexity index is 3800. The fourth-order valence-corrected chi connectivity index (χ4v) is 11.4. The van der Waals surface area contributed by atoms with Crippen molar-refractivity contribution in [3.05, 3.63) is 252 Å². The van der Waals surface area contributed by atoms with Gasteiger partial charge in [0.1, 0.15) is 0 Å². The largest absolute Gasteiger partial charge is 0.309 e. The van der Waals surface area contributed by atoms with Crippen LogP contribution in [0.2, 0.25) is 0 Å². The number of hydrogen-bond acceptors (Lipinski definition) is 2. The molecule has 4 heterocycles. The number of fused-ring (bicyclic) bond motifs is 14. The Balaban J connectivity index is 0.993. The Morgan fingerprint density at radius 2 is 0.938 bits per heavy atom. The molecule has 0 saturated heterocycles. The van der Waals surface area contributed by atoms with Gasteiger partial charge in [-0.15, -0.1) is 0 Å². The molecule has 298 valence electrons. The van der Waals surface area contributed by atoms with Gasteiger partial charge >= 0.3 is 0 Å². The van der Waals surface area contributed by atoms with Gasteiger partial charge in [0.2, 0.25) is 0 Å². The quantitative estimate of drug-likeness (QED) is 0.177. The Kier molecular flexibility index (Phi) is 7.35. The molecule has 4 heteroatoms. The van der Waals surface area contributed by atoms with E-state index in [1.54, 1.807) is 0 Å². The molecule has 1 unspecified atom stereocenters. The predicted octanol–water partition coefficient (Wildman–Crippen LogP) is 14.3. The molecule has 1 atom stereocenters. The van der Waals surface area contributed by atoms with Crippen molar-refractivity contribution in [3.8, 4) is 45.3 Å². The Morgan fingerprint density at radius 3 is 1.67 bits per heavy atom. The maximum absolute atomic E-state index is 5.14. The third kappa shape index (κ3) is 4.82. The van der Waals surface area contributed by atoms with Crippen LogP contribution >= 0.6 is 0 Å². The molecule has 0 amide bonds. The summed E-state index contributed by atoms with van der Waals surface area (Å²) in [6, 6.07) is 79.8. The van der Waals surface area contributed by atoms with Gasteiger partial charge in [0.15, 0.2) is 5.82 Å². The van der Waals surface area contributed by atoms with E-state index in [-0.39, 0.29) is 0 Å². The minimum atomic E-state index is -0.531. The molecular formula is C60H38N4. The summed E-state index contributed by atoms with van der Waals surface area (Å²) in [5.41, 5.74) is 19.7. The molecule has 0 saturated carbocycles. The molecule has 3 aromatic heterocycles. The lowest BCUT2D eigenvalue weighted by Gasteiger charge is -2.46. The normalized spacial score (nSPS) is 14.9. The summed E-state index contributed by atoms with van der Waals surface area (Å²) < 4.78 is 4.98. The number of hydrogen-bond donors (Lipinski definition) is 0. The van der Waals surface area contributed by atoms with E-state index in [9.17, 15) is 0 Å². The standard InChI is InChI=1S/C60H38N4/c1-3-16-38(17-4-1)52-37-53(39-18-5-2-6-19-39)62-59(61-52)40-30-32-43(33-31-40)63-54-27-12-9-22-45(54)47-36-51-42(35-57(47)63)34-41-20-7-10-24-48(41)60(51)49-25-11-14-29-56(49)64-55-28-13-8-21-44(55)46-23-15-26-50(60)58(46)64/h1-33,35-37H,34H2. The van der Waals surface area contributed by atoms with Crippen molar-refractivity contribution >= 4 is 43.6 Å². The van der Waals surface area contributed by atoms with Crippen LogP contribution in [0.5, 0.6) is 0 Å². The minimum absolute atomic E-state index is 0.531. The number of aromatic nitrogens is 4. The first-order valence-corrected chi connectivity index (χ1v) is 22.1. The Labute approximate surface area is 370 Å². The first-order valence-electron chi connectivity index (χ1n) is 22.1. The smallest absolute Gasteiger partial charge is 0.160 e. The van der Waals surface area contributed by atoms with E-state index in [1.165, 1.54) is 82.7 Å². The van der Waals surface area contributed by atoms with Gasteiger partial charge in [-0.1, -0.05) is 158 Å². The summed E-state index contributed by atoms with van der Waals surface area (Å²) in [4.78, 5) is 10.3. The molecule has 14 rings (SSSR count). The van der Waals surface area contributed by atoms with E-state index in [0.29, 0.717) is 5.82 Å². The van der Waals surface area contributed by atoms with Gasteiger partial charge in [0.25, 0.3) is 0 Å². The monoisotopic (exact) mass is 814 g/mol. The highest BCUT2D eigenvalue weighted by Gasteiger charge is 2.49. The molecule has 2 aliphatic rings. The van der Waals surface area contributed by atoms with E-state index in [2.05, 4.69) is 215 Å². The number of para-hydroxylation sites is 4. The SMILES string of the molecule is c1ccc(-c2cc(-c3ccccc3)nc(-c3ccc(-n4c5ccccc5c5cc6c(cc54)Cc4ccccc4C64c5ccccc5-n5c6ccccc6c6cccc4c65)cc3)n2)cc1. The highest BCUT2D eigenvalue weighted by molar-refractivity contribution is 6.13. The van der Waals surface area contributed by atoms with Crippen LogP contribution in [0.15, 0.2) is 218 Å². The lowest BCUT2D eigenvalue weighted by molar-refractivity contribution is 0.692. The van der Waals surface area contributed by atoms with Crippen LogP contribution in [0.25, 0.3) is 88.9 Å². The van der Waals surface area contributed by atoms with Crippen LogP contribution < -0.4 is 0 Å². The Hall–Kier alpha value is -8.34. The maximum atomic E-state index is 5.14. The molecule has 1 aliphatic carbocycles. The van der Waals surface area contributed by atoms with Crippen molar-refractivity contribution < 1.29 is 0 Å². The van der Waals surface area contributed by atoms with Crippen molar-refractivity contribution in [2.24, 2.45) is 0 Å². The predicted molar refractivity (Wildman–Crippen MR) is 262 cm³/mol. The summed E-state index contributed by atoms with van der Waals surface area (Å²) >= 11 is 0. The molecule has 0 N–H and O–H groups in total. The van der Waals surface area contributed by atoms with Gasteiger partial charge < -0.3 is 9.13 Å². The molecule has 12 aromatic rings. The zero-order valence-electron chi connectivity index (χ0n) is 34.8. The van der Waals surface area contributed by atoms with Crippen LogP contribution in [0.4, 0.5) is 0 Å². The van der Waals surface area contributed by atoms with Crippen molar-refractivity contribution in [3.63, 3.8) is 0 Å². The number of benzene rings is 9. The second kappa shape index (κ2) is 13.3. The van der Waals surface area contributed by atoms with Gasteiger partial charge in [0.05, 0.1) is 44.6 Å². The fraction of sp³-hybridized carbons (Fsp3) is 0.0333. The maximum Gasteiger partial charge on any atom is 0.160 e.